The minimum atomic E-state index is -0.338. The molecule has 0 fully saturated rings. The fraction of sp³-hybridized carbons (Fsp3) is 0.231. The van der Waals surface area contributed by atoms with E-state index in [-0.39, 0.29) is 18.3 Å². The van der Waals surface area contributed by atoms with Crippen molar-refractivity contribution in [1.82, 2.24) is 10.3 Å². The summed E-state index contributed by atoms with van der Waals surface area (Å²) in [6, 6.07) is 5.59. The van der Waals surface area contributed by atoms with Gasteiger partial charge in [-0.3, -0.25) is 10.1 Å². The predicted octanol–water partition coefficient (Wildman–Crippen LogP) is 1.85. The van der Waals surface area contributed by atoms with Crippen molar-refractivity contribution in [2.75, 3.05) is 11.9 Å². The summed E-state index contributed by atoms with van der Waals surface area (Å²) in [6.45, 7) is 2.31. The van der Waals surface area contributed by atoms with Crippen molar-refractivity contribution >= 4 is 11.6 Å². The standard InChI is InChI=1S/C13H14FN3O2/c1-9-6-16-13(19-9)8-15-7-12(18)17-11-4-2-10(14)3-5-11/h2-6,15H,7-8H2,1H3,(H,17,18). The van der Waals surface area contributed by atoms with E-state index in [0.29, 0.717) is 18.1 Å². The number of carbonyl (C=O) groups excluding carboxylic acids is 1. The van der Waals surface area contributed by atoms with Crippen LogP contribution in [0.3, 0.4) is 0 Å². The lowest BCUT2D eigenvalue weighted by Gasteiger charge is -2.05. The molecule has 5 nitrogen and oxygen atoms in total. The maximum atomic E-state index is 12.7. The smallest absolute Gasteiger partial charge is 0.238 e. The Morgan fingerprint density at radius 2 is 2.11 bits per heavy atom. The van der Waals surface area contributed by atoms with Crippen molar-refractivity contribution in [3.8, 4) is 0 Å². The van der Waals surface area contributed by atoms with Crippen LogP contribution in [0.5, 0.6) is 0 Å². The van der Waals surface area contributed by atoms with E-state index in [9.17, 15) is 9.18 Å². The Labute approximate surface area is 109 Å². The monoisotopic (exact) mass is 263 g/mol. The van der Waals surface area contributed by atoms with E-state index in [1.54, 1.807) is 13.1 Å². The number of benzene rings is 1. The number of amides is 1. The number of nitrogens with zero attached hydrogens (tertiary/aromatic N) is 1. The molecule has 0 atom stereocenters. The number of rotatable bonds is 5. The normalized spacial score (nSPS) is 10.4. The highest BCUT2D eigenvalue weighted by atomic mass is 19.1. The van der Waals surface area contributed by atoms with Crippen molar-refractivity contribution in [2.45, 2.75) is 13.5 Å². The van der Waals surface area contributed by atoms with Gasteiger partial charge in [0.2, 0.25) is 11.8 Å². The lowest BCUT2D eigenvalue weighted by Crippen LogP contribution is -2.27. The van der Waals surface area contributed by atoms with Gasteiger partial charge < -0.3 is 9.73 Å². The second-order valence-corrected chi connectivity index (χ2v) is 4.02. The summed E-state index contributed by atoms with van der Waals surface area (Å²) in [4.78, 5) is 15.6. The summed E-state index contributed by atoms with van der Waals surface area (Å²) in [5, 5.41) is 5.55. The highest BCUT2D eigenvalue weighted by molar-refractivity contribution is 5.92. The second-order valence-electron chi connectivity index (χ2n) is 4.02. The average Bonchev–Trinajstić information content (AvgIpc) is 2.78. The quantitative estimate of drug-likeness (QED) is 0.864. The van der Waals surface area contributed by atoms with E-state index in [1.807, 2.05) is 0 Å². The van der Waals surface area contributed by atoms with Crippen molar-refractivity contribution in [2.24, 2.45) is 0 Å². The molecule has 2 rings (SSSR count). The topological polar surface area (TPSA) is 67.2 Å². The molecule has 1 heterocycles. The van der Waals surface area contributed by atoms with Crippen molar-refractivity contribution in [3.63, 3.8) is 0 Å². The van der Waals surface area contributed by atoms with Crippen LogP contribution >= 0.6 is 0 Å². The molecule has 100 valence electrons. The third-order valence-corrected chi connectivity index (χ3v) is 2.36. The maximum Gasteiger partial charge on any atom is 0.238 e. The van der Waals surface area contributed by atoms with E-state index >= 15 is 0 Å². The third kappa shape index (κ3) is 4.18. The molecule has 0 radical (unpaired) electrons. The molecule has 19 heavy (non-hydrogen) atoms. The molecule has 2 N–H and O–H groups in total. The molecular formula is C13H14FN3O2. The first-order valence-electron chi connectivity index (χ1n) is 5.81. The molecule has 0 saturated heterocycles. The Kier molecular flexibility index (Phi) is 4.25. The van der Waals surface area contributed by atoms with Gasteiger partial charge in [-0.1, -0.05) is 0 Å². The molecule has 1 aromatic carbocycles. The van der Waals surface area contributed by atoms with Gasteiger partial charge in [0.15, 0.2) is 0 Å². The van der Waals surface area contributed by atoms with Crippen LogP contribution in [0.1, 0.15) is 11.7 Å². The van der Waals surface area contributed by atoms with Gasteiger partial charge in [0.25, 0.3) is 0 Å². The Morgan fingerprint density at radius 1 is 1.37 bits per heavy atom. The number of hydrogen-bond acceptors (Lipinski definition) is 4. The molecule has 6 heteroatoms. The molecule has 0 aliphatic rings. The number of carbonyl (C=O) groups is 1. The number of oxazole rings is 1. The first-order valence-corrected chi connectivity index (χ1v) is 5.81. The summed E-state index contributed by atoms with van der Waals surface area (Å²) in [7, 11) is 0. The molecule has 0 aliphatic heterocycles. The Hall–Kier alpha value is -2.21. The Balaban J connectivity index is 1.74. The van der Waals surface area contributed by atoms with Gasteiger partial charge in [0.1, 0.15) is 11.6 Å². The number of anilines is 1. The highest BCUT2D eigenvalue weighted by Crippen LogP contribution is 2.07. The molecule has 0 unspecified atom stereocenters. The number of aromatic nitrogens is 1. The highest BCUT2D eigenvalue weighted by Gasteiger charge is 2.04. The van der Waals surface area contributed by atoms with Crippen LogP contribution in [0.4, 0.5) is 10.1 Å². The molecule has 0 saturated carbocycles. The fourth-order valence-corrected chi connectivity index (χ4v) is 1.50. The Bertz CT molecular complexity index is 551. The van der Waals surface area contributed by atoms with Crippen LogP contribution in [0.2, 0.25) is 0 Å². The van der Waals surface area contributed by atoms with Gasteiger partial charge in [0, 0.05) is 5.69 Å². The molecule has 0 bridgehead atoms. The van der Waals surface area contributed by atoms with Crippen LogP contribution in [0.15, 0.2) is 34.9 Å². The molecule has 0 aliphatic carbocycles. The van der Waals surface area contributed by atoms with Crippen LogP contribution in [0, 0.1) is 12.7 Å². The number of halogens is 1. The molecular weight excluding hydrogens is 249 g/mol. The van der Waals surface area contributed by atoms with Crippen LogP contribution < -0.4 is 10.6 Å². The van der Waals surface area contributed by atoms with Gasteiger partial charge in [-0.15, -0.1) is 0 Å². The summed E-state index contributed by atoms with van der Waals surface area (Å²) in [5.41, 5.74) is 0.556. The first kappa shape index (κ1) is 13.2. The molecule has 2 aromatic rings. The summed E-state index contributed by atoms with van der Waals surface area (Å²) in [6.07, 6.45) is 1.62. The summed E-state index contributed by atoms with van der Waals surface area (Å²) >= 11 is 0. The van der Waals surface area contributed by atoms with E-state index in [2.05, 4.69) is 15.6 Å². The molecule has 0 spiro atoms. The third-order valence-electron chi connectivity index (χ3n) is 2.36. The number of hydrogen-bond donors (Lipinski definition) is 2. The van der Waals surface area contributed by atoms with Gasteiger partial charge in [-0.2, -0.15) is 0 Å². The lowest BCUT2D eigenvalue weighted by molar-refractivity contribution is -0.115. The SMILES string of the molecule is Cc1cnc(CNCC(=O)Nc2ccc(F)cc2)o1. The predicted molar refractivity (Wildman–Crippen MR) is 68.0 cm³/mol. The minimum Gasteiger partial charge on any atom is -0.445 e. The van der Waals surface area contributed by atoms with E-state index in [1.165, 1.54) is 24.3 Å². The number of nitrogens with one attached hydrogen (secondary N) is 2. The fourth-order valence-electron chi connectivity index (χ4n) is 1.50. The first-order chi connectivity index (χ1) is 9.13. The van der Waals surface area contributed by atoms with Crippen molar-refractivity contribution < 1.29 is 13.6 Å². The van der Waals surface area contributed by atoms with Crippen LogP contribution in [-0.4, -0.2) is 17.4 Å². The zero-order valence-corrected chi connectivity index (χ0v) is 10.4. The molecule has 1 amide bonds. The van der Waals surface area contributed by atoms with Crippen LogP contribution in [0.25, 0.3) is 0 Å². The van der Waals surface area contributed by atoms with E-state index in [4.69, 9.17) is 4.42 Å². The zero-order chi connectivity index (χ0) is 13.7. The average molecular weight is 263 g/mol. The van der Waals surface area contributed by atoms with Gasteiger partial charge in [-0.05, 0) is 31.2 Å². The number of aryl methyl sites for hydroxylation is 1. The van der Waals surface area contributed by atoms with Crippen molar-refractivity contribution in [3.05, 3.63) is 47.9 Å². The minimum absolute atomic E-state index is 0.124. The van der Waals surface area contributed by atoms with E-state index < -0.39 is 0 Å². The maximum absolute atomic E-state index is 12.7. The Morgan fingerprint density at radius 3 is 2.74 bits per heavy atom. The van der Waals surface area contributed by atoms with Gasteiger partial charge in [-0.25, -0.2) is 9.37 Å². The summed E-state index contributed by atoms with van der Waals surface area (Å²) < 4.78 is 17.9. The van der Waals surface area contributed by atoms with Crippen LogP contribution in [-0.2, 0) is 11.3 Å². The summed E-state index contributed by atoms with van der Waals surface area (Å²) in [5.74, 6) is 0.713. The van der Waals surface area contributed by atoms with E-state index in [0.717, 1.165) is 5.76 Å². The molecule has 1 aromatic heterocycles. The zero-order valence-electron chi connectivity index (χ0n) is 10.4. The second kappa shape index (κ2) is 6.10. The largest absolute Gasteiger partial charge is 0.445 e. The van der Waals surface area contributed by atoms with Gasteiger partial charge in [0.05, 0.1) is 19.3 Å². The lowest BCUT2D eigenvalue weighted by atomic mass is 10.3. The van der Waals surface area contributed by atoms with Gasteiger partial charge >= 0.3 is 0 Å². The van der Waals surface area contributed by atoms with Crippen molar-refractivity contribution in [1.29, 1.82) is 0 Å².